The smallest absolute Gasteiger partial charge is 0.208 e. The number of ketones is 1. The van der Waals surface area contributed by atoms with Crippen molar-refractivity contribution in [1.29, 1.82) is 0 Å². The molecular formula is C18H16ClFN2O. The first-order valence-electron chi connectivity index (χ1n) is 7.09. The summed E-state index contributed by atoms with van der Waals surface area (Å²) in [4.78, 5) is 12.2. The van der Waals surface area contributed by atoms with Crippen LogP contribution >= 0.6 is 11.6 Å². The summed E-state index contributed by atoms with van der Waals surface area (Å²) >= 11 is 5.79. The molecule has 0 spiro atoms. The van der Waals surface area contributed by atoms with Crippen molar-refractivity contribution in [3.05, 3.63) is 70.5 Å². The number of halogens is 2. The van der Waals surface area contributed by atoms with E-state index in [1.807, 2.05) is 0 Å². The average Bonchev–Trinajstić information content (AvgIpc) is 2.55. The number of rotatable bonds is 5. The summed E-state index contributed by atoms with van der Waals surface area (Å²) in [5.41, 5.74) is 1.93. The quantitative estimate of drug-likeness (QED) is 0.443. The average molecular weight is 331 g/mol. The SMILES string of the molecule is CC(Cc1ccccc1F)=NN=C(C)C(=O)c1ccc(Cl)cc1. The maximum absolute atomic E-state index is 13.6. The second-order valence-electron chi connectivity index (χ2n) is 5.12. The van der Waals surface area contributed by atoms with E-state index in [-0.39, 0.29) is 17.3 Å². The van der Waals surface area contributed by atoms with Gasteiger partial charge in [-0.05, 0) is 49.7 Å². The molecule has 2 rings (SSSR count). The van der Waals surface area contributed by atoms with Gasteiger partial charge in [0.2, 0.25) is 5.78 Å². The van der Waals surface area contributed by atoms with Crippen LogP contribution in [-0.4, -0.2) is 17.2 Å². The summed E-state index contributed by atoms with van der Waals surface area (Å²) in [6.07, 6.45) is 0.346. The Hall–Kier alpha value is -2.33. The van der Waals surface area contributed by atoms with Crippen molar-refractivity contribution in [2.45, 2.75) is 20.3 Å². The lowest BCUT2D eigenvalue weighted by atomic mass is 10.1. The maximum Gasteiger partial charge on any atom is 0.208 e. The number of benzene rings is 2. The number of hydrogen-bond donors (Lipinski definition) is 0. The molecule has 3 nitrogen and oxygen atoms in total. The second kappa shape index (κ2) is 7.79. The third-order valence-corrected chi connectivity index (χ3v) is 3.46. The lowest BCUT2D eigenvalue weighted by molar-refractivity contribution is 0.106. The number of nitrogens with zero attached hydrogens (tertiary/aromatic N) is 2. The molecule has 0 fully saturated rings. The van der Waals surface area contributed by atoms with Crippen LogP contribution in [0, 0.1) is 5.82 Å². The highest BCUT2D eigenvalue weighted by molar-refractivity contribution is 6.45. The van der Waals surface area contributed by atoms with Crippen molar-refractivity contribution in [1.82, 2.24) is 0 Å². The minimum Gasteiger partial charge on any atom is -0.287 e. The third kappa shape index (κ3) is 4.83. The van der Waals surface area contributed by atoms with Crippen LogP contribution in [0.1, 0.15) is 29.8 Å². The highest BCUT2D eigenvalue weighted by Gasteiger charge is 2.09. The molecule has 5 heteroatoms. The van der Waals surface area contributed by atoms with Gasteiger partial charge < -0.3 is 0 Å². The number of Topliss-reactive ketones (excluding diaryl/α,β-unsaturated/α-hetero) is 1. The molecule has 0 heterocycles. The molecule has 0 saturated heterocycles. The Kier molecular flexibility index (Phi) is 5.77. The van der Waals surface area contributed by atoms with E-state index in [4.69, 9.17) is 11.6 Å². The van der Waals surface area contributed by atoms with Gasteiger partial charge >= 0.3 is 0 Å². The predicted molar refractivity (Wildman–Crippen MR) is 92.1 cm³/mol. The van der Waals surface area contributed by atoms with Gasteiger partial charge in [0.05, 0.1) is 0 Å². The maximum atomic E-state index is 13.6. The zero-order valence-electron chi connectivity index (χ0n) is 12.9. The first-order valence-corrected chi connectivity index (χ1v) is 7.46. The summed E-state index contributed by atoms with van der Waals surface area (Å²) in [6, 6.07) is 13.1. The van der Waals surface area contributed by atoms with Gasteiger partial charge in [0, 0.05) is 22.7 Å². The lowest BCUT2D eigenvalue weighted by Crippen LogP contribution is -2.10. The molecule has 0 unspecified atom stereocenters. The Balaban J connectivity index is 2.09. The Labute approximate surface area is 139 Å². The van der Waals surface area contributed by atoms with E-state index >= 15 is 0 Å². The van der Waals surface area contributed by atoms with Crippen molar-refractivity contribution in [3.8, 4) is 0 Å². The van der Waals surface area contributed by atoms with Crippen LogP contribution in [0.4, 0.5) is 4.39 Å². The van der Waals surface area contributed by atoms with Gasteiger partial charge in [-0.1, -0.05) is 29.8 Å². The number of carbonyl (C=O) groups is 1. The van der Waals surface area contributed by atoms with Crippen LogP contribution in [0.3, 0.4) is 0 Å². The van der Waals surface area contributed by atoms with Crippen LogP contribution in [0.5, 0.6) is 0 Å². The normalized spacial score (nSPS) is 12.3. The van der Waals surface area contributed by atoms with E-state index < -0.39 is 0 Å². The highest BCUT2D eigenvalue weighted by atomic mass is 35.5. The van der Waals surface area contributed by atoms with Gasteiger partial charge in [-0.2, -0.15) is 10.2 Å². The minimum absolute atomic E-state index is 0.218. The van der Waals surface area contributed by atoms with Gasteiger partial charge in [-0.25, -0.2) is 4.39 Å². The van der Waals surface area contributed by atoms with E-state index in [9.17, 15) is 9.18 Å². The lowest BCUT2D eigenvalue weighted by Gasteiger charge is -2.02. The van der Waals surface area contributed by atoms with Crippen molar-refractivity contribution >= 4 is 28.8 Å². The van der Waals surface area contributed by atoms with Crippen LogP contribution in [0.25, 0.3) is 0 Å². The Morgan fingerprint density at radius 3 is 2.35 bits per heavy atom. The largest absolute Gasteiger partial charge is 0.287 e. The molecule has 0 aromatic heterocycles. The van der Waals surface area contributed by atoms with Gasteiger partial charge in [0.15, 0.2) is 0 Å². The zero-order valence-corrected chi connectivity index (χ0v) is 13.6. The van der Waals surface area contributed by atoms with E-state index in [2.05, 4.69) is 10.2 Å². The van der Waals surface area contributed by atoms with Gasteiger partial charge in [-0.3, -0.25) is 4.79 Å². The van der Waals surface area contributed by atoms with Crippen molar-refractivity contribution in [3.63, 3.8) is 0 Å². The highest BCUT2D eigenvalue weighted by Crippen LogP contribution is 2.11. The molecule has 2 aromatic carbocycles. The Morgan fingerprint density at radius 1 is 1.04 bits per heavy atom. The van der Waals surface area contributed by atoms with Gasteiger partial charge in [0.25, 0.3) is 0 Å². The number of hydrogen-bond acceptors (Lipinski definition) is 3. The molecule has 0 saturated carbocycles. The topological polar surface area (TPSA) is 41.8 Å². The van der Waals surface area contributed by atoms with Crippen LogP contribution < -0.4 is 0 Å². The summed E-state index contributed by atoms with van der Waals surface area (Å²) in [7, 11) is 0. The molecule has 0 amide bonds. The fourth-order valence-electron chi connectivity index (χ4n) is 1.97. The summed E-state index contributed by atoms with van der Waals surface area (Å²) in [5, 5.41) is 8.53. The molecule has 0 aliphatic carbocycles. The fourth-order valence-corrected chi connectivity index (χ4v) is 2.09. The summed E-state index contributed by atoms with van der Waals surface area (Å²) < 4.78 is 13.6. The van der Waals surface area contributed by atoms with Crippen molar-refractivity contribution in [2.75, 3.05) is 0 Å². The van der Waals surface area contributed by atoms with E-state index in [1.165, 1.54) is 6.07 Å². The second-order valence-corrected chi connectivity index (χ2v) is 5.56. The molecule has 118 valence electrons. The van der Waals surface area contributed by atoms with Gasteiger partial charge in [0.1, 0.15) is 11.5 Å². The van der Waals surface area contributed by atoms with E-state index in [0.717, 1.165) is 0 Å². The monoisotopic (exact) mass is 330 g/mol. The summed E-state index contributed by atoms with van der Waals surface area (Å²) in [5.74, 6) is -0.496. The summed E-state index contributed by atoms with van der Waals surface area (Å²) in [6.45, 7) is 3.34. The first kappa shape index (κ1) is 17.0. The molecule has 0 radical (unpaired) electrons. The van der Waals surface area contributed by atoms with E-state index in [1.54, 1.807) is 56.3 Å². The zero-order chi connectivity index (χ0) is 16.8. The number of carbonyl (C=O) groups excluding carboxylic acids is 1. The van der Waals surface area contributed by atoms with E-state index in [0.29, 0.717) is 28.3 Å². The van der Waals surface area contributed by atoms with Gasteiger partial charge in [-0.15, -0.1) is 0 Å². The standard InChI is InChI=1S/C18H16ClFN2O/c1-12(11-15-5-3-4-6-17(15)20)21-22-13(2)18(23)14-7-9-16(19)10-8-14/h3-10H,11H2,1-2H3. The molecule has 0 bridgehead atoms. The molecule has 0 aliphatic heterocycles. The molecule has 0 atom stereocenters. The van der Waals surface area contributed by atoms with Crippen molar-refractivity contribution in [2.24, 2.45) is 10.2 Å². The molecule has 0 N–H and O–H groups in total. The van der Waals surface area contributed by atoms with Crippen LogP contribution in [-0.2, 0) is 6.42 Å². The van der Waals surface area contributed by atoms with Crippen LogP contribution in [0.2, 0.25) is 5.02 Å². The first-order chi connectivity index (χ1) is 11.0. The Morgan fingerprint density at radius 2 is 1.70 bits per heavy atom. The Bertz CT molecular complexity index is 767. The van der Waals surface area contributed by atoms with Crippen LogP contribution in [0.15, 0.2) is 58.7 Å². The minimum atomic E-state index is -0.278. The molecule has 2 aromatic rings. The molecule has 0 aliphatic rings. The fraction of sp³-hybridized carbons (Fsp3) is 0.167. The molecular weight excluding hydrogens is 315 g/mol. The molecule has 23 heavy (non-hydrogen) atoms. The van der Waals surface area contributed by atoms with Crippen molar-refractivity contribution < 1.29 is 9.18 Å². The third-order valence-electron chi connectivity index (χ3n) is 3.21. The predicted octanol–water partition coefficient (Wildman–Crippen LogP) is 4.74.